The number of aliphatic imine (C=N–C) groups is 1. The number of phenols is 1. The lowest BCUT2D eigenvalue weighted by atomic mass is 10.0. The van der Waals surface area contributed by atoms with Crippen molar-refractivity contribution in [2.24, 2.45) is 4.99 Å². The lowest BCUT2D eigenvalue weighted by Crippen LogP contribution is -2.08. The van der Waals surface area contributed by atoms with Crippen LogP contribution in [0.5, 0.6) is 5.75 Å². The Bertz CT molecular complexity index is 1110. The van der Waals surface area contributed by atoms with Gasteiger partial charge in [-0.25, -0.2) is 4.98 Å². The quantitative estimate of drug-likeness (QED) is 0.322. The number of hydrogen-bond acceptors (Lipinski definition) is 4. The van der Waals surface area contributed by atoms with Gasteiger partial charge < -0.3 is 14.8 Å². The summed E-state index contributed by atoms with van der Waals surface area (Å²) in [5, 5.41) is 13.1. The van der Waals surface area contributed by atoms with E-state index in [9.17, 15) is 5.11 Å². The molecule has 3 rings (SSSR count). The summed E-state index contributed by atoms with van der Waals surface area (Å²) in [7, 11) is 0. The number of benzene rings is 1. The van der Waals surface area contributed by atoms with E-state index in [1.807, 2.05) is 25.3 Å². The predicted molar refractivity (Wildman–Crippen MR) is 131 cm³/mol. The Morgan fingerprint density at radius 1 is 1.29 bits per heavy atom. The first-order valence-corrected chi connectivity index (χ1v) is 10.8. The molecule has 31 heavy (non-hydrogen) atoms. The molecule has 1 atom stereocenters. The first-order valence-electron chi connectivity index (χ1n) is 10.8. The fourth-order valence-corrected chi connectivity index (χ4v) is 3.64. The highest BCUT2D eigenvalue weighted by Crippen LogP contribution is 2.28. The number of fused-ring (bicyclic) bond motifs is 1. The number of pyridine rings is 1. The Hall–Kier alpha value is -3.34. The van der Waals surface area contributed by atoms with E-state index < -0.39 is 0 Å². The van der Waals surface area contributed by atoms with Gasteiger partial charge in [0.05, 0.1) is 5.69 Å². The number of hydrogen-bond donors (Lipinski definition) is 2. The van der Waals surface area contributed by atoms with E-state index in [1.165, 1.54) is 11.3 Å². The number of rotatable bonds is 9. The zero-order valence-corrected chi connectivity index (χ0v) is 18.9. The molecule has 3 aromatic rings. The van der Waals surface area contributed by atoms with Gasteiger partial charge in [0.1, 0.15) is 5.75 Å². The summed E-state index contributed by atoms with van der Waals surface area (Å²) >= 11 is 0. The molecular formula is C26H32N4O. The number of aromatic hydroxyl groups is 1. The van der Waals surface area contributed by atoms with Gasteiger partial charge in [0, 0.05) is 30.8 Å². The van der Waals surface area contributed by atoms with Gasteiger partial charge in [-0.1, -0.05) is 32.1 Å². The van der Waals surface area contributed by atoms with Crippen molar-refractivity contribution in [3.05, 3.63) is 77.4 Å². The molecule has 0 spiro atoms. The fourth-order valence-electron chi connectivity index (χ4n) is 3.64. The molecule has 5 nitrogen and oxygen atoms in total. The maximum Gasteiger partial charge on any atom is 0.160 e. The zero-order chi connectivity index (χ0) is 22.4. The minimum Gasteiger partial charge on any atom is -0.508 e. The van der Waals surface area contributed by atoms with Gasteiger partial charge >= 0.3 is 0 Å². The highest BCUT2D eigenvalue weighted by atomic mass is 16.3. The molecule has 0 saturated heterocycles. The number of nitrogens with one attached hydrogen (secondary N) is 1. The summed E-state index contributed by atoms with van der Waals surface area (Å²) in [6.45, 7) is 12.9. The first-order chi connectivity index (χ1) is 14.9. The van der Waals surface area contributed by atoms with Gasteiger partial charge in [0.25, 0.3) is 0 Å². The summed E-state index contributed by atoms with van der Waals surface area (Å²) in [4.78, 5) is 8.59. The predicted octanol–water partition coefficient (Wildman–Crippen LogP) is 6.22. The molecule has 0 amide bonds. The summed E-state index contributed by atoms with van der Waals surface area (Å²) in [5.74, 6) is 0.713. The van der Waals surface area contributed by atoms with Crippen LogP contribution in [0.4, 0.5) is 5.69 Å². The van der Waals surface area contributed by atoms with Crippen molar-refractivity contribution < 1.29 is 5.11 Å². The van der Waals surface area contributed by atoms with Crippen molar-refractivity contribution in [2.45, 2.75) is 46.5 Å². The van der Waals surface area contributed by atoms with Crippen LogP contribution in [0, 0.1) is 0 Å². The van der Waals surface area contributed by atoms with Gasteiger partial charge in [-0.15, -0.1) is 0 Å². The van der Waals surface area contributed by atoms with Crippen LogP contribution >= 0.6 is 0 Å². The Labute approximate surface area is 184 Å². The van der Waals surface area contributed by atoms with E-state index in [0.29, 0.717) is 11.7 Å². The molecule has 0 aliphatic heterocycles. The second-order valence-corrected chi connectivity index (χ2v) is 8.05. The highest BCUT2D eigenvalue weighted by molar-refractivity contribution is 5.76. The van der Waals surface area contributed by atoms with E-state index in [-0.39, 0.29) is 0 Å². The Morgan fingerprint density at radius 3 is 2.71 bits per heavy atom. The SMILES string of the molecule is C=N/C=C(C)\C=C(/C)c1cc(NCCc2ccc(O)cc2)c2ncc(C(C)CC)n2c1. The minimum atomic E-state index is 0.291. The third-order valence-electron chi connectivity index (χ3n) is 5.61. The van der Waals surface area contributed by atoms with E-state index in [0.717, 1.165) is 47.4 Å². The third kappa shape index (κ3) is 5.43. The lowest BCUT2D eigenvalue weighted by molar-refractivity contribution is 0.475. The van der Waals surface area contributed by atoms with Crippen molar-refractivity contribution in [3.63, 3.8) is 0 Å². The molecule has 0 fully saturated rings. The average molecular weight is 417 g/mol. The van der Waals surface area contributed by atoms with Crippen LogP contribution in [0.3, 0.4) is 0 Å². The van der Waals surface area contributed by atoms with Crippen molar-refractivity contribution in [2.75, 3.05) is 11.9 Å². The number of allylic oxidation sites excluding steroid dienone is 3. The monoisotopic (exact) mass is 416 g/mol. The molecule has 5 heteroatoms. The number of phenolic OH excluding ortho intramolecular Hbond substituents is 1. The summed E-state index contributed by atoms with van der Waals surface area (Å²) in [6.07, 6.45) is 9.97. The maximum absolute atomic E-state index is 9.48. The molecule has 0 aliphatic carbocycles. The summed E-state index contributed by atoms with van der Waals surface area (Å²) in [5.41, 5.74) is 7.70. The fraction of sp³-hybridized carbons (Fsp3) is 0.308. The molecule has 162 valence electrons. The summed E-state index contributed by atoms with van der Waals surface area (Å²) in [6, 6.07) is 9.52. The third-order valence-corrected chi connectivity index (χ3v) is 5.61. The van der Waals surface area contributed by atoms with Crippen molar-refractivity contribution in [1.29, 1.82) is 0 Å². The highest BCUT2D eigenvalue weighted by Gasteiger charge is 2.14. The van der Waals surface area contributed by atoms with Crippen LogP contribution in [0.25, 0.3) is 11.2 Å². The Balaban J connectivity index is 1.95. The maximum atomic E-state index is 9.48. The van der Waals surface area contributed by atoms with Crippen molar-refractivity contribution >= 4 is 23.6 Å². The lowest BCUT2D eigenvalue weighted by Gasteiger charge is -2.14. The standard InChI is InChI=1S/C26H32N4O/c1-6-19(3)25-16-29-26-24(28-12-11-21-7-9-23(31)10-8-21)14-22(17-30(25)26)20(4)13-18(2)15-27-5/h7-10,13-17,19,28,31H,5-6,11-12H2,1-4H3/b18-15-,20-13+. The molecule has 0 bridgehead atoms. The molecule has 1 unspecified atom stereocenters. The molecule has 2 aromatic heterocycles. The normalized spacial score (nSPS) is 13.4. The van der Waals surface area contributed by atoms with E-state index in [1.54, 1.807) is 18.3 Å². The number of anilines is 1. The molecule has 0 saturated carbocycles. The van der Waals surface area contributed by atoms with Crippen molar-refractivity contribution in [3.8, 4) is 5.75 Å². The Morgan fingerprint density at radius 2 is 2.03 bits per heavy atom. The van der Waals surface area contributed by atoms with E-state index >= 15 is 0 Å². The van der Waals surface area contributed by atoms with Crippen LogP contribution in [0.15, 0.2) is 65.6 Å². The molecule has 0 aliphatic rings. The molecule has 2 heterocycles. The zero-order valence-electron chi connectivity index (χ0n) is 18.9. The molecule has 2 N–H and O–H groups in total. The van der Waals surface area contributed by atoms with Crippen LogP contribution in [-0.4, -0.2) is 27.8 Å². The Kier molecular flexibility index (Phi) is 7.29. The number of aromatic nitrogens is 2. The largest absolute Gasteiger partial charge is 0.508 e. The minimum absolute atomic E-state index is 0.291. The van der Waals surface area contributed by atoms with Crippen molar-refractivity contribution in [1.82, 2.24) is 9.38 Å². The van der Waals surface area contributed by atoms with E-state index in [2.05, 4.69) is 60.5 Å². The van der Waals surface area contributed by atoms with Gasteiger partial charge in [-0.2, -0.15) is 0 Å². The van der Waals surface area contributed by atoms with Gasteiger partial charge in [-0.3, -0.25) is 4.99 Å². The number of imidazole rings is 1. The van der Waals surface area contributed by atoms with Gasteiger partial charge in [-0.05, 0) is 79.8 Å². The van der Waals surface area contributed by atoms with Crippen LogP contribution in [-0.2, 0) is 6.42 Å². The smallest absolute Gasteiger partial charge is 0.160 e. The molecule has 1 aromatic carbocycles. The van der Waals surface area contributed by atoms with Gasteiger partial charge in [0.2, 0.25) is 0 Å². The number of nitrogens with zero attached hydrogens (tertiary/aromatic N) is 3. The van der Waals surface area contributed by atoms with Crippen LogP contribution in [0.2, 0.25) is 0 Å². The van der Waals surface area contributed by atoms with Crippen LogP contribution in [0.1, 0.15) is 56.9 Å². The average Bonchev–Trinajstić information content (AvgIpc) is 3.19. The summed E-state index contributed by atoms with van der Waals surface area (Å²) < 4.78 is 2.22. The van der Waals surface area contributed by atoms with Gasteiger partial charge in [0.15, 0.2) is 5.65 Å². The molecule has 0 radical (unpaired) electrons. The van der Waals surface area contributed by atoms with Crippen LogP contribution < -0.4 is 5.32 Å². The second kappa shape index (κ2) is 10.1. The van der Waals surface area contributed by atoms with E-state index in [4.69, 9.17) is 4.98 Å². The second-order valence-electron chi connectivity index (χ2n) is 8.05. The first kappa shape index (κ1) is 22.3. The molecular weight excluding hydrogens is 384 g/mol. The topological polar surface area (TPSA) is 61.9 Å².